The number of amides is 1. The molecule has 0 unspecified atom stereocenters. The van der Waals surface area contributed by atoms with Crippen LogP contribution >= 0.6 is 27.3 Å². The van der Waals surface area contributed by atoms with Crippen molar-refractivity contribution >= 4 is 49.7 Å². The average Bonchev–Trinajstić information content (AvgIpc) is 2.83. The molecule has 0 atom stereocenters. The van der Waals surface area contributed by atoms with E-state index < -0.39 is 10.8 Å². The van der Waals surface area contributed by atoms with Crippen molar-refractivity contribution < 1.29 is 9.72 Å². The number of nitro groups is 1. The van der Waals surface area contributed by atoms with Crippen LogP contribution in [0.5, 0.6) is 0 Å². The third kappa shape index (κ3) is 3.11. The van der Waals surface area contributed by atoms with E-state index in [9.17, 15) is 14.9 Å². The summed E-state index contributed by atoms with van der Waals surface area (Å²) in [5.41, 5.74) is 0.547. The molecule has 0 bridgehead atoms. The van der Waals surface area contributed by atoms with Crippen molar-refractivity contribution in [1.82, 2.24) is 4.98 Å². The van der Waals surface area contributed by atoms with E-state index in [0.717, 1.165) is 3.79 Å². The lowest BCUT2D eigenvalue weighted by atomic mass is 10.1. The van der Waals surface area contributed by atoms with Crippen LogP contribution in [-0.2, 0) is 0 Å². The number of benzene rings is 1. The summed E-state index contributed by atoms with van der Waals surface area (Å²) in [5.74, 6) is -0.458. The van der Waals surface area contributed by atoms with Crippen LogP contribution in [0.2, 0.25) is 0 Å². The van der Waals surface area contributed by atoms with Gasteiger partial charge in [0.2, 0.25) is 0 Å². The molecule has 2 rings (SSSR count). The summed E-state index contributed by atoms with van der Waals surface area (Å²) in [5, 5.41) is 16.6. The second-order valence-corrected chi connectivity index (χ2v) is 6.07. The Labute approximate surface area is 126 Å². The molecule has 1 aromatic heterocycles. The molecule has 1 aromatic carbocycles. The first-order valence-corrected chi connectivity index (χ1v) is 7.01. The second kappa shape index (κ2) is 5.97. The maximum Gasteiger partial charge on any atom is 0.270 e. The van der Waals surface area contributed by atoms with E-state index in [2.05, 4.69) is 31.5 Å². The molecule has 0 spiro atoms. The molecule has 1 heterocycles. The number of carbonyl (C=O) groups is 1. The number of nitro benzene ring substituents is 1. The zero-order valence-corrected chi connectivity index (χ0v) is 12.6. The number of thiazole rings is 1. The van der Waals surface area contributed by atoms with Crippen molar-refractivity contribution in [2.75, 3.05) is 17.7 Å². The molecular weight excluding hydrogens is 348 g/mol. The van der Waals surface area contributed by atoms with Gasteiger partial charge in [0.25, 0.3) is 11.6 Å². The summed E-state index contributed by atoms with van der Waals surface area (Å²) in [7, 11) is 1.64. The van der Waals surface area contributed by atoms with Gasteiger partial charge in [0.05, 0.1) is 20.5 Å². The molecular formula is C11H9BrN4O3S. The molecule has 7 nitrogen and oxygen atoms in total. The quantitative estimate of drug-likeness (QED) is 0.647. The van der Waals surface area contributed by atoms with Gasteiger partial charge in [-0.3, -0.25) is 20.2 Å². The van der Waals surface area contributed by atoms with E-state index in [1.165, 1.54) is 29.5 Å². The molecule has 0 saturated heterocycles. The fourth-order valence-corrected chi connectivity index (χ4v) is 2.63. The fourth-order valence-electron chi connectivity index (χ4n) is 1.53. The first kappa shape index (κ1) is 14.4. The maximum absolute atomic E-state index is 12.2. The van der Waals surface area contributed by atoms with Crippen molar-refractivity contribution in [2.45, 2.75) is 0 Å². The van der Waals surface area contributed by atoms with E-state index in [0.29, 0.717) is 10.8 Å². The van der Waals surface area contributed by atoms with Gasteiger partial charge in [-0.25, -0.2) is 4.98 Å². The molecule has 0 aliphatic carbocycles. The number of rotatable bonds is 4. The van der Waals surface area contributed by atoms with Gasteiger partial charge in [-0.1, -0.05) is 11.3 Å². The number of nitrogens with one attached hydrogen (secondary N) is 2. The minimum Gasteiger partial charge on any atom is -0.387 e. The Bertz CT molecular complexity index is 673. The van der Waals surface area contributed by atoms with Crippen molar-refractivity contribution in [3.8, 4) is 0 Å². The van der Waals surface area contributed by atoms with Gasteiger partial charge >= 0.3 is 0 Å². The van der Waals surface area contributed by atoms with E-state index >= 15 is 0 Å². The number of hydrogen-bond donors (Lipinski definition) is 2. The lowest BCUT2D eigenvalue weighted by molar-refractivity contribution is -0.384. The van der Waals surface area contributed by atoms with Crippen LogP contribution < -0.4 is 10.6 Å². The van der Waals surface area contributed by atoms with Crippen molar-refractivity contribution in [2.24, 2.45) is 0 Å². The third-order valence-corrected chi connectivity index (χ3v) is 3.82. The standard InChI is InChI=1S/C11H9BrN4O3S/c1-13-8-3-2-6(16(18)19)4-7(8)10(17)15-11-14-5-9(12)20-11/h2-5,13H,1H3,(H,14,15,17). The number of aromatic nitrogens is 1. The highest BCUT2D eigenvalue weighted by Crippen LogP contribution is 2.26. The van der Waals surface area contributed by atoms with Crippen LogP contribution in [0.1, 0.15) is 10.4 Å². The average molecular weight is 357 g/mol. The summed E-state index contributed by atoms with van der Waals surface area (Å²) < 4.78 is 0.778. The van der Waals surface area contributed by atoms with Gasteiger partial charge in [-0.05, 0) is 22.0 Å². The first-order chi connectivity index (χ1) is 9.51. The third-order valence-electron chi connectivity index (χ3n) is 2.43. The number of halogens is 1. The molecule has 20 heavy (non-hydrogen) atoms. The topological polar surface area (TPSA) is 97.2 Å². The van der Waals surface area contributed by atoms with Gasteiger partial charge in [0.1, 0.15) is 0 Å². The van der Waals surface area contributed by atoms with Crippen LogP contribution in [0, 0.1) is 10.1 Å². The Hall–Kier alpha value is -2.00. The van der Waals surface area contributed by atoms with Crippen LogP contribution in [-0.4, -0.2) is 22.9 Å². The Morgan fingerprint density at radius 1 is 1.50 bits per heavy atom. The van der Waals surface area contributed by atoms with Crippen LogP contribution in [0.4, 0.5) is 16.5 Å². The summed E-state index contributed by atoms with van der Waals surface area (Å²) in [6, 6.07) is 4.05. The SMILES string of the molecule is CNc1ccc([N+](=O)[O-])cc1C(=O)Nc1ncc(Br)s1. The molecule has 0 radical (unpaired) electrons. The fraction of sp³-hybridized carbons (Fsp3) is 0.0909. The Morgan fingerprint density at radius 2 is 2.25 bits per heavy atom. The molecule has 2 N–H and O–H groups in total. The molecule has 2 aromatic rings. The lowest BCUT2D eigenvalue weighted by Gasteiger charge is -2.08. The molecule has 104 valence electrons. The highest BCUT2D eigenvalue weighted by Gasteiger charge is 2.17. The summed E-state index contributed by atoms with van der Waals surface area (Å²) in [6.45, 7) is 0. The Morgan fingerprint density at radius 3 is 2.80 bits per heavy atom. The van der Waals surface area contributed by atoms with Gasteiger partial charge < -0.3 is 5.32 Å². The molecule has 9 heteroatoms. The van der Waals surface area contributed by atoms with Crippen LogP contribution in [0.15, 0.2) is 28.2 Å². The van der Waals surface area contributed by atoms with Crippen molar-refractivity contribution in [1.29, 1.82) is 0 Å². The Balaban J connectivity index is 2.32. The number of hydrogen-bond acceptors (Lipinski definition) is 6. The molecule has 0 fully saturated rings. The molecule has 1 amide bonds. The van der Waals surface area contributed by atoms with E-state index in [1.807, 2.05) is 0 Å². The normalized spacial score (nSPS) is 10.1. The number of carbonyl (C=O) groups excluding carboxylic acids is 1. The second-order valence-electron chi connectivity index (χ2n) is 3.66. The molecule has 0 saturated carbocycles. The molecule has 0 aliphatic rings. The highest BCUT2D eigenvalue weighted by atomic mass is 79.9. The van der Waals surface area contributed by atoms with Crippen molar-refractivity contribution in [3.05, 3.63) is 43.9 Å². The number of non-ortho nitro benzene ring substituents is 1. The minimum absolute atomic E-state index is 0.144. The number of nitrogens with zero attached hydrogens (tertiary/aromatic N) is 2. The predicted octanol–water partition coefficient (Wildman–Crippen LogP) is 3.11. The lowest BCUT2D eigenvalue weighted by Crippen LogP contribution is -2.14. The maximum atomic E-state index is 12.2. The Kier molecular flexibility index (Phi) is 4.30. The largest absolute Gasteiger partial charge is 0.387 e. The highest BCUT2D eigenvalue weighted by molar-refractivity contribution is 9.11. The van der Waals surface area contributed by atoms with Gasteiger partial charge in [0, 0.05) is 24.9 Å². The summed E-state index contributed by atoms with van der Waals surface area (Å²) in [4.78, 5) is 26.4. The van der Waals surface area contributed by atoms with Gasteiger partial charge in [-0.2, -0.15) is 0 Å². The zero-order valence-electron chi connectivity index (χ0n) is 10.2. The zero-order chi connectivity index (χ0) is 14.7. The van der Waals surface area contributed by atoms with E-state index in [1.54, 1.807) is 13.2 Å². The summed E-state index contributed by atoms with van der Waals surface area (Å²) in [6.07, 6.45) is 1.56. The summed E-state index contributed by atoms with van der Waals surface area (Å²) >= 11 is 4.49. The van der Waals surface area contributed by atoms with Crippen LogP contribution in [0.3, 0.4) is 0 Å². The molecule has 0 aliphatic heterocycles. The predicted molar refractivity (Wildman–Crippen MR) is 80.4 cm³/mol. The monoisotopic (exact) mass is 356 g/mol. The first-order valence-electron chi connectivity index (χ1n) is 5.40. The smallest absolute Gasteiger partial charge is 0.270 e. The van der Waals surface area contributed by atoms with E-state index in [4.69, 9.17) is 0 Å². The minimum atomic E-state index is -0.545. The van der Waals surface area contributed by atoms with Gasteiger partial charge in [-0.15, -0.1) is 0 Å². The van der Waals surface area contributed by atoms with Crippen LogP contribution in [0.25, 0.3) is 0 Å². The van der Waals surface area contributed by atoms with Crippen molar-refractivity contribution in [3.63, 3.8) is 0 Å². The number of anilines is 2. The van der Waals surface area contributed by atoms with Gasteiger partial charge in [0.15, 0.2) is 5.13 Å². The van der Waals surface area contributed by atoms with E-state index in [-0.39, 0.29) is 11.3 Å².